The van der Waals surface area contributed by atoms with Crippen LogP contribution in [-0.2, 0) is 19.7 Å². The fraction of sp³-hybridized carbons (Fsp3) is 0.105. The van der Waals surface area contributed by atoms with Crippen LogP contribution in [-0.4, -0.2) is 40.5 Å². The summed E-state index contributed by atoms with van der Waals surface area (Å²) in [4.78, 5) is 34.7. The summed E-state index contributed by atoms with van der Waals surface area (Å²) in [6.07, 6.45) is 1.22. The van der Waals surface area contributed by atoms with Crippen LogP contribution in [0.1, 0.15) is 5.56 Å². The summed E-state index contributed by atoms with van der Waals surface area (Å²) in [6.45, 7) is 0. The summed E-state index contributed by atoms with van der Waals surface area (Å²) < 4.78 is 40.4. The highest BCUT2D eigenvalue weighted by Gasteiger charge is 2.28. The van der Waals surface area contributed by atoms with Crippen molar-refractivity contribution < 1.29 is 36.5 Å². The van der Waals surface area contributed by atoms with Crippen LogP contribution in [0, 0.1) is 0 Å². The van der Waals surface area contributed by atoms with Crippen LogP contribution >= 0.6 is 0 Å². The van der Waals surface area contributed by atoms with Crippen molar-refractivity contribution in [3.63, 3.8) is 0 Å². The monoisotopic (exact) mass is 432 g/mol. The average Bonchev–Trinajstić information content (AvgIpc) is 2.71. The number of nitrogens with one attached hydrogen (secondary N) is 2. The molecule has 4 amide bonds. The lowest BCUT2D eigenvalue weighted by molar-refractivity contribution is -0.123. The Hall–Kier alpha value is -3.86. The smallest absolute Gasteiger partial charge is 0.339 e. The molecule has 1 fully saturated rings. The predicted octanol–water partition coefficient (Wildman–Crippen LogP) is 1.22. The third-order valence-corrected chi connectivity index (χ3v) is 5.24. The second-order valence-corrected chi connectivity index (χ2v) is 7.46. The zero-order valence-electron chi connectivity index (χ0n) is 15.8. The van der Waals surface area contributed by atoms with Crippen LogP contribution in [0.25, 0.3) is 6.08 Å². The maximum atomic E-state index is 12.5. The van der Waals surface area contributed by atoms with Crippen molar-refractivity contribution >= 4 is 34.0 Å². The third-order valence-electron chi connectivity index (χ3n) is 3.99. The van der Waals surface area contributed by atoms with Crippen LogP contribution in [0.15, 0.2) is 52.9 Å². The van der Waals surface area contributed by atoms with Crippen LogP contribution in [0.2, 0.25) is 0 Å². The molecule has 156 valence electrons. The number of rotatable bonds is 6. The minimum absolute atomic E-state index is 0.0501. The second kappa shape index (κ2) is 8.25. The Bertz CT molecular complexity index is 1130. The molecule has 1 heterocycles. The number of barbiturate groups is 1. The van der Waals surface area contributed by atoms with Gasteiger partial charge in [-0.05, 0) is 48.0 Å². The summed E-state index contributed by atoms with van der Waals surface area (Å²) in [5, 5.41) is 3.91. The zero-order chi connectivity index (χ0) is 21.9. The number of amides is 4. The molecule has 30 heavy (non-hydrogen) atoms. The molecule has 0 unspecified atom stereocenters. The minimum atomic E-state index is -4.15. The van der Waals surface area contributed by atoms with E-state index in [9.17, 15) is 22.8 Å². The fourth-order valence-electron chi connectivity index (χ4n) is 2.52. The molecule has 0 aromatic heterocycles. The van der Waals surface area contributed by atoms with E-state index >= 15 is 0 Å². The first-order valence-electron chi connectivity index (χ1n) is 8.38. The largest absolute Gasteiger partial charge is 0.497 e. The van der Waals surface area contributed by atoms with Gasteiger partial charge >= 0.3 is 16.1 Å². The molecule has 0 spiro atoms. The van der Waals surface area contributed by atoms with Gasteiger partial charge in [0.2, 0.25) is 0 Å². The maximum absolute atomic E-state index is 12.5. The second-order valence-electron chi connectivity index (χ2n) is 5.92. The summed E-state index contributed by atoms with van der Waals surface area (Å²) in [5.74, 6) is -1.27. The third kappa shape index (κ3) is 4.41. The molecule has 1 aliphatic heterocycles. The van der Waals surface area contributed by atoms with Gasteiger partial charge in [0.15, 0.2) is 11.5 Å². The lowest BCUT2D eigenvalue weighted by Crippen LogP contribution is -2.51. The quantitative estimate of drug-likeness (QED) is 0.395. The SMILES string of the molecule is COc1ccc(S(=O)(=O)Oc2ccc(C=C3C(=O)NC(=O)NC3=O)cc2OC)cc1. The van der Waals surface area contributed by atoms with Gasteiger partial charge in [0.05, 0.1) is 14.2 Å². The zero-order valence-corrected chi connectivity index (χ0v) is 16.6. The fourth-order valence-corrected chi connectivity index (χ4v) is 3.46. The minimum Gasteiger partial charge on any atom is -0.497 e. The molecule has 0 atom stereocenters. The predicted molar refractivity (Wildman–Crippen MR) is 103 cm³/mol. The highest BCUT2D eigenvalue weighted by molar-refractivity contribution is 7.87. The topological polar surface area (TPSA) is 137 Å². The number of urea groups is 1. The van der Waals surface area contributed by atoms with Crippen molar-refractivity contribution in [3.05, 3.63) is 53.6 Å². The van der Waals surface area contributed by atoms with E-state index in [1.807, 2.05) is 10.6 Å². The van der Waals surface area contributed by atoms with Gasteiger partial charge in [-0.15, -0.1) is 0 Å². The number of ether oxygens (including phenoxy) is 2. The molecule has 1 saturated heterocycles. The van der Waals surface area contributed by atoms with Crippen molar-refractivity contribution in [2.45, 2.75) is 4.90 Å². The molecular formula is C19H16N2O8S. The molecule has 0 radical (unpaired) electrons. The molecule has 2 aromatic rings. The molecule has 0 saturated carbocycles. The number of benzene rings is 2. The van der Waals surface area contributed by atoms with E-state index in [0.29, 0.717) is 11.3 Å². The molecule has 0 aliphatic carbocycles. The Morgan fingerprint density at radius 3 is 2.03 bits per heavy atom. The summed E-state index contributed by atoms with van der Waals surface area (Å²) in [6, 6.07) is 8.83. The molecule has 2 aromatic carbocycles. The van der Waals surface area contributed by atoms with Gasteiger partial charge in [-0.3, -0.25) is 20.2 Å². The molecule has 10 nitrogen and oxygen atoms in total. The molecule has 2 N–H and O–H groups in total. The first-order valence-corrected chi connectivity index (χ1v) is 9.79. The Morgan fingerprint density at radius 1 is 0.833 bits per heavy atom. The molecular weight excluding hydrogens is 416 g/mol. The Labute approximate surface area is 171 Å². The van der Waals surface area contributed by atoms with Gasteiger partial charge in [-0.25, -0.2) is 4.79 Å². The van der Waals surface area contributed by atoms with Crippen LogP contribution < -0.4 is 24.3 Å². The molecule has 3 rings (SSSR count). The van der Waals surface area contributed by atoms with E-state index in [-0.39, 0.29) is 22.0 Å². The van der Waals surface area contributed by atoms with E-state index in [0.717, 1.165) is 0 Å². The van der Waals surface area contributed by atoms with Gasteiger partial charge < -0.3 is 13.7 Å². The van der Waals surface area contributed by atoms with Crippen LogP contribution in [0.3, 0.4) is 0 Å². The Kier molecular flexibility index (Phi) is 5.74. The summed E-state index contributed by atoms with van der Waals surface area (Å²) in [5.41, 5.74) is 0.0480. The van der Waals surface area contributed by atoms with E-state index < -0.39 is 28.0 Å². The lowest BCUT2D eigenvalue weighted by atomic mass is 10.1. The number of hydrogen-bond acceptors (Lipinski definition) is 8. The normalized spacial score (nSPS) is 13.9. The Morgan fingerprint density at radius 2 is 1.47 bits per heavy atom. The van der Waals surface area contributed by atoms with Gasteiger partial charge in [-0.2, -0.15) is 8.42 Å². The number of imide groups is 2. The van der Waals surface area contributed by atoms with Gasteiger partial charge in [0.1, 0.15) is 16.2 Å². The van der Waals surface area contributed by atoms with Crippen molar-refractivity contribution in [1.29, 1.82) is 0 Å². The van der Waals surface area contributed by atoms with E-state index in [4.69, 9.17) is 13.7 Å². The van der Waals surface area contributed by atoms with E-state index in [1.54, 1.807) is 0 Å². The number of methoxy groups -OCH3 is 2. The van der Waals surface area contributed by atoms with Crippen LogP contribution in [0.4, 0.5) is 4.79 Å². The molecule has 11 heteroatoms. The van der Waals surface area contributed by atoms with Crippen molar-refractivity contribution in [1.82, 2.24) is 10.6 Å². The van der Waals surface area contributed by atoms with Gasteiger partial charge in [0, 0.05) is 0 Å². The summed E-state index contributed by atoms with van der Waals surface area (Å²) >= 11 is 0. The highest BCUT2D eigenvalue weighted by Crippen LogP contribution is 2.32. The van der Waals surface area contributed by atoms with Crippen molar-refractivity contribution in [2.75, 3.05) is 14.2 Å². The standard InChI is InChI=1S/C19H16N2O8S/c1-27-12-4-6-13(7-5-12)30(25,26)29-15-8-3-11(10-16(15)28-2)9-14-17(22)20-19(24)21-18(14)23/h3-10H,1-2H3,(H2,20,21,22,23,24). The van der Waals surface area contributed by atoms with Gasteiger partial charge in [-0.1, -0.05) is 6.07 Å². The van der Waals surface area contributed by atoms with Gasteiger partial charge in [0.25, 0.3) is 11.8 Å². The van der Waals surface area contributed by atoms with E-state index in [1.165, 1.54) is 62.8 Å². The average molecular weight is 432 g/mol. The van der Waals surface area contributed by atoms with E-state index in [2.05, 4.69) is 0 Å². The maximum Gasteiger partial charge on any atom is 0.339 e. The van der Waals surface area contributed by atoms with Crippen LogP contribution in [0.5, 0.6) is 17.2 Å². The lowest BCUT2D eigenvalue weighted by Gasteiger charge is -2.14. The number of hydrogen-bond donors (Lipinski definition) is 2. The molecule has 1 aliphatic rings. The first-order chi connectivity index (χ1) is 14.2. The summed E-state index contributed by atoms with van der Waals surface area (Å²) in [7, 11) is -1.39. The van der Waals surface area contributed by atoms with Crippen molar-refractivity contribution in [3.8, 4) is 17.2 Å². The molecule has 0 bridgehead atoms. The number of carbonyl (C=O) groups is 3. The number of carbonyl (C=O) groups excluding carboxylic acids is 3. The first kappa shape index (κ1) is 20.9. The van der Waals surface area contributed by atoms with Crippen molar-refractivity contribution in [2.24, 2.45) is 0 Å². The Balaban J connectivity index is 1.88. The highest BCUT2D eigenvalue weighted by atomic mass is 32.2.